The summed E-state index contributed by atoms with van der Waals surface area (Å²) in [5.41, 5.74) is 4.12. The van der Waals surface area contributed by atoms with Gasteiger partial charge in [-0.25, -0.2) is 9.79 Å². The summed E-state index contributed by atoms with van der Waals surface area (Å²) in [5, 5.41) is 2.87. The average molecular weight is 644 g/mol. The van der Waals surface area contributed by atoms with Crippen LogP contribution in [-0.2, 0) is 16.1 Å². The Hall–Kier alpha value is -4.17. The van der Waals surface area contributed by atoms with E-state index >= 15 is 0 Å². The van der Waals surface area contributed by atoms with Gasteiger partial charge in [0.2, 0.25) is 0 Å². The minimum absolute atomic E-state index is 0.215. The van der Waals surface area contributed by atoms with E-state index in [9.17, 15) is 9.59 Å². The van der Waals surface area contributed by atoms with Crippen molar-refractivity contribution in [2.45, 2.75) is 33.4 Å². The number of allylic oxidation sites excluding steroid dienone is 1. The van der Waals surface area contributed by atoms with Crippen molar-refractivity contribution in [3.05, 3.63) is 142 Å². The molecule has 0 radical (unpaired) electrons. The van der Waals surface area contributed by atoms with Crippen molar-refractivity contribution in [2.24, 2.45) is 4.99 Å². The Morgan fingerprint density at radius 3 is 2.52 bits per heavy atom. The maximum atomic E-state index is 14.2. The van der Waals surface area contributed by atoms with Crippen molar-refractivity contribution >= 4 is 57.4 Å². The summed E-state index contributed by atoms with van der Waals surface area (Å²) in [6.45, 7) is 6.01. The van der Waals surface area contributed by atoms with Gasteiger partial charge >= 0.3 is 5.97 Å². The van der Waals surface area contributed by atoms with E-state index in [2.05, 4.69) is 0 Å². The quantitative estimate of drug-likeness (QED) is 0.177. The van der Waals surface area contributed by atoms with E-state index < -0.39 is 12.0 Å². The summed E-state index contributed by atoms with van der Waals surface area (Å²) < 4.78 is 13.8. The fourth-order valence-electron chi connectivity index (χ4n) is 5.33. The number of rotatable bonds is 7. The smallest absolute Gasteiger partial charge is 0.338 e. The number of ether oxygens (including phenoxy) is 2. The predicted molar refractivity (Wildman–Crippen MR) is 176 cm³/mol. The Morgan fingerprint density at radius 1 is 1.00 bits per heavy atom. The number of hydrogen-bond donors (Lipinski definition) is 0. The third-order valence-electron chi connectivity index (χ3n) is 7.49. The number of carbonyl (C=O) groups is 1. The van der Waals surface area contributed by atoms with Crippen LogP contribution in [0, 0.1) is 6.92 Å². The Labute approximate surface area is 268 Å². The molecule has 1 aromatic heterocycles. The first-order valence-electron chi connectivity index (χ1n) is 14.1. The fraction of sp³-hybridized carbons (Fsp3) is 0.171. The molecule has 0 N–H and O–H groups in total. The molecule has 0 saturated heterocycles. The molecule has 1 atom stereocenters. The van der Waals surface area contributed by atoms with E-state index in [0.29, 0.717) is 36.4 Å². The van der Waals surface area contributed by atoms with Crippen LogP contribution in [0.5, 0.6) is 5.75 Å². The van der Waals surface area contributed by atoms with Crippen molar-refractivity contribution in [2.75, 3.05) is 6.61 Å². The molecule has 9 heteroatoms. The van der Waals surface area contributed by atoms with Crippen molar-refractivity contribution in [3.8, 4) is 5.75 Å². The summed E-state index contributed by atoms with van der Waals surface area (Å²) in [6.07, 6.45) is 1.85. The first kappa shape index (κ1) is 29.9. The number of fused-ring (bicyclic) bond motifs is 2. The van der Waals surface area contributed by atoms with Gasteiger partial charge in [0.05, 0.1) is 38.5 Å². The number of nitrogens with zero attached hydrogens (tertiary/aromatic N) is 2. The highest BCUT2D eigenvalue weighted by Crippen LogP contribution is 2.32. The van der Waals surface area contributed by atoms with E-state index in [-0.39, 0.29) is 18.8 Å². The lowest BCUT2D eigenvalue weighted by molar-refractivity contribution is -0.139. The van der Waals surface area contributed by atoms with Gasteiger partial charge in [-0.1, -0.05) is 101 Å². The number of carbonyl (C=O) groups excluding carboxylic acids is 1. The molecule has 1 aliphatic rings. The molecule has 6 nitrogen and oxygen atoms in total. The number of aryl methyl sites for hydroxylation is 1. The zero-order valence-corrected chi connectivity index (χ0v) is 26.6. The molecule has 1 aliphatic heterocycles. The standard InChI is InChI=1S/C35H28Cl2N2O4S/c1-4-42-34(41)31-21(3)38-35-39(32(31)24-12-9-20(2)10-13-24)33(40)30(44-35)18-26-25-8-6-5-7-23(25)14-16-29(26)43-19-22-11-15-27(36)28(37)17-22/h5-18,32H,4,19H2,1-3H3/b30-18-/t32-/m0/s1. The lowest BCUT2D eigenvalue weighted by Gasteiger charge is -2.24. The fourth-order valence-corrected chi connectivity index (χ4v) is 6.68. The SMILES string of the molecule is CCOC(=O)C1=C(C)N=c2s/c(=C\c3c(OCc4ccc(Cl)c(Cl)c4)ccc4ccccc34)c(=O)n2[C@H]1c1ccc(C)cc1. The summed E-state index contributed by atoms with van der Waals surface area (Å²) in [5.74, 6) is 0.125. The number of halogens is 2. The molecule has 0 spiro atoms. The highest BCUT2D eigenvalue weighted by Gasteiger charge is 2.33. The Balaban J connectivity index is 1.51. The number of aromatic nitrogens is 1. The monoisotopic (exact) mass is 642 g/mol. The average Bonchev–Trinajstić information content (AvgIpc) is 3.32. The first-order chi connectivity index (χ1) is 21.2. The van der Waals surface area contributed by atoms with Crippen LogP contribution >= 0.6 is 34.5 Å². The van der Waals surface area contributed by atoms with E-state index in [0.717, 1.165) is 33.0 Å². The Bertz CT molecular complexity index is 2130. The molecule has 0 unspecified atom stereocenters. The van der Waals surface area contributed by atoms with Crippen LogP contribution in [0.1, 0.15) is 42.1 Å². The zero-order chi connectivity index (χ0) is 31.0. The number of benzene rings is 4. The molecule has 4 aromatic carbocycles. The Kier molecular flexibility index (Phi) is 8.45. The molecule has 0 amide bonds. The van der Waals surface area contributed by atoms with E-state index in [4.69, 9.17) is 37.7 Å². The minimum atomic E-state index is -0.675. The maximum Gasteiger partial charge on any atom is 0.338 e. The van der Waals surface area contributed by atoms with Gasteiger partial charge in [0, 0.05) is 5.56 Å². The highest BCUT2D eigenvalue weighted by atomic mass is 35.5. The Morgan fingerprint density at radius 2 is 1.77 bits per heavy atom. The summed E-state index contributed by atoms with van der Waals surface area (Å²) in [6, 6.07) is 24.4. The lowest BCUT2D eigenvalue weighted by atomic mass is 9.95. The first-order valence-corrected chi connectivity index (χ1v) is 15.7. The van der Waals surface area contributed by atoms with Crippen LogP contribution in [-0.4, -0.2) is 17.1 Å². The second kappa shape index (κ2) is 12.4. The normalized spacial score (nSPS) is 14.8. The maximum absolute atomic E-state index is 14.2. The lowest BCUT2D eigenvalue weighted by Crippen LogP contribution is -2.39. The van der Waals surface area contributed by atoms with Crippen LogP contribution in [0.25, 0.3) is 16.8 Å². The number of thiazole rings is 1. The minimum Gasteiger partial charge on any atom is -0.488 e. The van der Waals surface area contributed by atoms with Gasteiger partial charge in [0.25, 0.3) is 5.56 Å². The van der Waals surface area contributed by atoms with Crippen LogP contribution in [0.2, 0.25) is 10.0 Å². The van der Waals surface area contributed by atoms with Crippen molar-refractivity contribution in [3.63, 3.8) is 0 Å². The molecule has 0 bridgehead atoms. The molecular formula is C35H28Cl2N2O4S. The van der Waals surface area contributed by atoms with Crippen LogP contribution in [0.15, 0.2) is 99.9 Å². The van der Waals surface area contributed by atoms with Crippen molar-refractivity contribution in [1.29, 1.82) is 0 Å². The second-order valence-corrected chi connectivity index (χ2v) is 12.3. The summed E-state index contributed by atoms with van der Waals surface area (Å²) >= 11 is 13.6. The van der Waals surface area contributed by atoms with Crippen molar-refractivity contribution in [1.82, 2.24) is 4.57 Å². The van der Waals surface area contributed by atoms with Crippen LogP contribution in [0.4, 0.5) is 0 Å². The van der Waals surface area contributed by atoms with Gasteiger partial charge in [-0.15, -0.1) is 0 Å². The van der Waals surface area contributed by atoms with Gasteiger partial charge in [-0.3, -0.25) is 9.36 Å². The molecule has 44 heavy (non-hydrogen) atoms. The van der Waals surface area contributed by atoms with Crippen LogP contribution in [0.3, 0.4) is 0 Å². The van der Waals surface area contributed by atoms with Gasteiger partial charge in [0.1, 0.15) is 12.4 Å². The van der Waals surface area contributed by atoms with Crippen molar-refractivity contribution < 1.29 is 14.3 Å². The molecule has 0 fully saturated rings. The topological polar surface area (TPSA) is 69.9 Å². The predicted octanol–water partition coefficient (Wildman–Crippen LogP) is 7.15. The summed E-state index contributed by atoms with van der Waals surface area (Å²) in [7, 11) is 0. The largest absolute Gasteiger partial charge is 0.488 e. The summed E-state index contributed by atoms with van der Waals surface area (Å²) in [4.78, 5) is 32.7. The molecule has 6 rings (SSSR count). The highest BCUT2D eigenvalue weighted by molar-refractivity contribution is 7.07. The third kappa shape index (κ3) is 5.71. The number of hydrogen-bond acceptors (Lipinski definition) is 6. The molecule has 0 saturated carbocycles. The van der Waals surface area contributed by atoms with E-state index in [1.165, 1.54) is 11.3 Å². The van der Waals surface area contributed by atoms with Gasteiger partial charge in [-0.2, -0.15) is 0 Å². The van der Waals surface area contributed by atoms with Gasteiger partial charge in [-0.05, 0) is 66.9 Å². The van der Waals surface area contributed by atoms with Gasteiger partial charge < -0.3 is 9.47 Å². The zero-order valence-electron chi connectivity index (χ0n) is 24.3. The van der Waals surface area contributed by atoms with Gasteiger partial charge in [0.15, 0.2) is 4.80 Å². The van der Waals surface area contributed by atoms with E-state index in [1.807, 2.05) is 79.7 Å². The molecular weight excluding hydrogens is 615 g/mol. The molecule has 222 valence electrons. The molecule has 5 aromatic rings. The second-order valence-electron chi connectivity index (χ2n) is 10.4. The van der Waals surface area contributed by atoms with E-state index in [1.54, 1.807) is 30.5 Å². The molecule has 2 heterocycles. The third-order valence-corrected chi connectivity index (χ3v) is 9.22. The number of esters is 1. The molecule has 0 aliphatic carbocycles. The van der Waals surface area contributed by atoms with Crippen LogP contribution < -0.4 is 19.6 Å².